The van der Waals surface area contributed by atoms with Crippen molar-refractivity contribution in [3.63, 3.8) is 0 Å². The van der Waals surface area contributed by atoms with Crippen LogP contribution in [-0.4, -0.2) is 19.0 Å². The third-order valence-electron chi connectivity index (χ3n) is 2.81. The number of anilines is 1. The van der Waals surface area contributed by atoms with Crippen LogP contribution in [0, 0.1) is 0 Å². The fraction of sp³-hybridized carbons (Fsp3) is 0.267. The third-order valence-corrected chi connectivity index (χ3v) is 2.81. The molecular formula is C15H18N2O. The topological polar surface area (TPSA) is 41.1 Å². The zero-order valence-electron chi connectivity index (χ0n) is 10.6. The summed E-state index contributed by atoms with van der Waals surface area (Å²) in [5.74, 6) is 0.0474. The van der Waals surface area contributed by atoms with E-state index in [-0.39, 0.29) is 5.91 Å². The molecule has 2 rings (SSSR count). The first-order valence-corrected chi connectivity index (χ1v) is 6.29. The van der Waals surface area contributed by atoms with Crippen molar-refractivity contribution in [1.29, 1.82) is 0 Å². The van der Waals surface area contributed by atoms with Gasteiger partial charge in [-0.05, 0) is 29.4 Å². The first kappa shape index (κ1) is 12.6. The number of carbonyl (C=O) groups excluding carboxylic acids is 1. The number of rotatable bonds is 5. The summed E-state index contributed by atoms with van der Waals surface area (Å²) < 4.78 is 0. The lowest BCUT2D eigenvalue weighted by Gasteiger charge is -2.06. The van der Waals surface area contributed by atoms with Crippen LogP contribution in [0.1, 0.15) is 13.3 Å². The SMILES string of the molecule is CCNCCC(=O)Nc1ccc2ccccc2c1. The van der Waals surface area contributed by atoms with Gasteiger partial charge in [-0.3, -0.25) is 4.79 Å². The van der Waals surface area contributed by atoms with E-state index in [2.05, 4.69) is 16.7 Å². The molecule has 0 atom stereocenters. The van der Waals surface area contributed by atoms with E-state index in [1.807, 2.05) is 43.3 Å². The second-order valence-corrected chi connectivity index (χ2v) is 4.21. The van der Waals surface area contributed by atoms with Gasteiger partial charge in [0, 0.05) is 18.7 Å². The van der Waals surface area contributed by atoms with Crippen molar-refractivity contribution in [3.8, 4) is 0 Å². The highest BCUT2D eigenvalue weighted by Crippen LogP contribution is 2.18. The van der Waals surface area contributed by atoms with Gasteiger partial charge in [0.2, 0.25) is 5.91 Å². The minimum Gasteiger partial charge on any atom is -0.326 e. The Bertz CT molecular complexity index is 537. The molecule has 0 bridgehead atoms. The molecule has 2 aromatic carbocycles. The second kappa shape index (κ2) is 6.17. The smallest absolute Gasteiger partial charge is 0.225 e. The molecule has 0 aliphatic carbocycles. The highest BCUT2D eigenvalue weighted by molar-refractivity contribution is 5.94. The van der Waals surface area contributed by atoms with E-state index in [4.69, 9.17) is 0 Å². The zero-order valence-corrected chi connectivity index (χ0v) is 10.6. The van der Waals surface area contributed by atoms with Gasteiger partial charge in [-0.15, -0.1) is 0 Å². The predicted octanol–water partition coefficient (Wildman–Crippen LogP) is 2.78. The van der Waals surface area contributed by atoms with E-state index in [9.17, 15) is 4.79 Å². The first-order valence-electron chi connectivity index (χ1n) is 6.29. The van der Waals surface area contributed by atoms with Crippen molar-refractivity contribution in [2.24, 2.45) is 0 Å². The summed E-state index contributed by atoms with van der Waals surface area (Å²) in [6.07, 6.45) is 0.501. The Balaban J connectivity index is 2.01. The van der Waals surface area contributed by atoms with Crippen molar-refractivity contribution >= 4 is 22.4 Å². The molecule has 0 saturated carbocycles. The summed E-state index contributed by atoms with van der Waals surface area (Å²) in [6.45, 7) is 3.64. The van der Waals surface area contributed by atoms with E-state index in [0.717, 1.165) is 24.2 Å². The molecule has 94 valence electrons. The standard InChI is InChI=1S/C15H18N2O/c1-2-16-10-9-15(18)17-14-8-7-12-5-3-4-6-13(12)11-14/h3-8,11,16H,2,9-10H2,1H3,(H,17,18). The number of nitrogens with one attached hydrogen (secondary N) is 2. The predicted molar refractivity (Wildman–Crippen MR) is 75.7 cm³/mol. The number of hydrogen-bond acceptors (Lipinski definition) is 2. The number of carbonyl (C=O) groups is 1. The fourth-order valence-corrected chi connectivity index (χ4v) is 1.87. The van der Waals surface area contributed by atoms with Crippen LogP contribution < -0.4 is 10.6 Å². The van der Waals surface area contributed by atoms with Gasteiger partial charge >= 0.3 is 0 Å². The van der Waals surface area contributed by atoms with Gasteiger partial charge in [0.05, 0.1) is 0 Å². The molecular weight excluding hydrogens is 224 g/mol. The Labute approximate surface area is 107 Å². The molecule has 0 saturated heterocycles. The van der Waals surface area contributed by atoms with Crippen LogP contribution in [-0.2, 0) is 4.79 Å². The number of hydrogen-bond donors (Lipinski definition) is 2. The van der Waals surface area contributed by atoms with Gasteiger partial charge in [-0.2, -0.15) is 0 Å². The van der Waals surface area contributed by atoms with E-state index in [0.29, 0.717) is 6.42 Å². The largest absolute Gasteiger partial charge is 0.326 e. The molecule has 3 nitrogen and oxygen atoms in total. The summed E-state index contributed by atoms with van der Waals surface area (Å²) >= 11 is 0. The Hall–Kier alpha value is -1.87. The van der Waals surface area contributed by atoms with Crippen LogP contribution in [0.25, 0.3) is 10.8 Å². The van der Waals surface area contributed by atoms with Crippen LogP contribution in [0.5, 0.6) is 0 Å². The second-order valence-electron chi connectivity index (χ2n) is 4.21. The summed E-state index contributed by atoms with van der Waals surface area (Å²) in [7, 11) is 0. The van der Waals surface area contributed by atoms with Crippen molar-refractivity contribution in [2.45, 2.75) is 13.3 Å². The minimum absolute atomic E-state index is 0.0474. The molecule has 2 N–H and O–H groups in total. The first-order chi connectivity index (χ1) is 8.79. The van der Waals surface area contributed by atoms with Gasteiger partial charge in [0.15, 0.2) is 0 Å². The van der Waals surface area contributed by atoms with Crippen LogP contribution in [0.3, 0.4) is 0 Å². The maximum atomic E-state index is 11.7. The van der Waals surface area contributed by atoms with Gasteiger partial charge in [-0.1, -0.05) is 37.3 Å². The monoisotopic (exact) mass is 242 g/mol. The zero-order chi connectivity index (χ0) is 12.8. The molecule has 2 aromatic rings. The van der Waals surface area contributed by atoms with Crippen molar-refractivity contribution < 1.29 is 4.79 Å². The normalized spacial score (nSPS) is 10.5. The highest BCUT2D eigenvalue weighted by Gasteiger charge is 2.02. The highest BCUT2D eigenvalue weighted by atomic mass is 16.1. The van der Waals surface area contributed by atoms with Crippen LogP contribution in [0.2, 0.25) is 0 Å². The Morgan fingerprint density at radius 1 is 1.11 bits per heavy atom. The third kappa shape index (κ3) is 3.31. The molecule has 0 aromatic heterocycles. The summed E-state index contributed by atoms with van der Waals surface area (Å²) in [6, 6.07) is 14.1. The average Bonchev–Trinajstić information content (AvgIpc) is 2.39. The fourth-order valence-electron chi connectivity index (χ4n) is 1.87. The molecule has 0 aliphatic rings. The van der Waals surface area contributed by atoms with E-state index in [1.54, 1.807) is 0 Å². The molecule has 0 heterocycles. The van der Waals surface area contributed by atoms with Crippen molar-refractivity contribution in [2.75, 3.05) is 18.4 Å². The molecule has 0 fully saturated rings. The quantitative estimate of drug-likeness (QED) is 0.792. The lowest BCUT2D eigenvalue weighted by Crippen LogP contribution is -2.21. The molecule has 0 aliphatic heterocycles. The maximum absolute atomic E-state index is 11.7. The van der Waals surface area contributed by atoms with Crippen molar-refractivity contribution in [3.05, 3.63) is 42.5 Å². The van der Waals surface area contributed by atoms with E-state index >= 15 is 0 Å². The van der Waals surface area contributed by atoms with Crippen LogP contribution in [0.15, 0.2) is 42.5 Å². The molecule has 1 amide bonds. The van der Waals surface area contributed by atoms with E-state index in [1.165, 1.54) is 5.39 Å². The number of amides is 1. The molecule has 3 heteroatoms. The Morgan fingerprint density at radius 2 is 1.89 bits per heavy atom. The van der Waals surface area contributed by atoms with Gasteiger partial charge in [0.25, 0.3) is 0 Å². The summed E-state index contributed by atoms with van der Waals surface area (Å²) in [5, 5.41) is 8.37. The molecule has 0 radical (unpaired) electrons. The minimum atomic E-state index is 0.0474. The lowest BCUT2D eigenvalue weighted by molar-refractivity contribution is -0.116. The summed E-state index contributed by atoms with van der Waals surface area (Å²) in [5.41, 5.74) is 0.857. The van der Waals surface area contributed by atoms with Gasteiger partial charge in [-0.25, -0.2) is 0 Å². The number of fused-ring (bicyclic) bond motifs is 1. The van der Waals surface area contributed by atoms with Gasteiger partial charge < -0.3 is 10.6 Å². The van der Waals surface area contributed by atoms with Gasteiger partial charge in [0.1, 0.15) is 0 Å². The lowest BCUT2D eigenvalue weighted by atomic mass is 10.1. The van der Waals surface area contributed by atoms with Crippen LogP contribution >= 0.6 is 0 Å². The maximum Gasteiger partial charge on any atom is 0.225 e. The van der Waals surface area contributed by atoms with E-state index < -0.39 is 0 Å². The molecule has 0 unspecified atom stereocenters. The summed E-state index contributed by atoms with van der Waals surface area (Å²) in [4.78, 5) is 11.7. The Morgan fingerprint density at radius 3 is 2.67 bits per heavy atom. The number of benzene rings is 2. The molecule has 18 heavy (non-hydrogen) atoms. The average molecular weight is 242 g/mol. The Kier molecular flexibility index (Phi) is 4.31. The van der Waals surface area contributed by atoms with Crippen LogP contribution in [0.4, 0.5) is 5.69 Å². The van der Waals surface area contributed by atoms with Crippen molar-refractivity contribution in [1.82, 2.24) is 5.32 Å². The molecule has 0 spiro atoms.